The molecule has 204 valence electrons. The summed E-state index contributed by atoms with van der Waals surface area (Å²) in [4.78, 5) is 4.66. The Morgan fingerprint density at radius 2 is 0.932 bits per heavy atom. The topological polar surface area (TPSA) is 12.9 Å². The van der Waals surface area contributed by atoms with Crippen LogP contribution in [0.1, 0.15) is 0 Å². The maximum absolute atomic E-state index is 4.66. The molecule has 0 saturated heterocycles. The van der Waals surface area contributed by atoms with E-state index in [4.69, 9.17) is 0 Å². The SMILES string of the molecule is c1ccc2cc(-c3c4cnccc4c(-c4cccc5ccccc45)c4cc(-c5cccc6ccccc56)ccc34)ccc2c1. The molecule has 9 aromatic rings. The molecule has 8 aromatic carbocycles. The van der Waals surface area contributed by atoms with Gasteiger partial charge in [-0.2, -0.15) is 0 Å². The zero-order valence-electron chi connectivity index (χ0n) is 24.0. The standard InChI is InChI=1S/C43H27N/c1-2-12-31-25-33(20-19-28(31)9-1)42-38-22-21-32(36-17-7-13-29-10-3-5-15-34(29)36)26-40(38)43(39-23-24-44-27-41(39)42)37-18-8-14-30-11-4-6-16-35(30)37/h1-27H. The van der Waals surface area contributed by atoms with E-state index < -0.39 is 0 Å². The normalized spacial score (nSPS) is 11.6. The van der Waals surface area contributed by atoms with Gasteiger partial charge in [-0.05, 0) is 100 Å². The summed E-state index contributed by atoms with van der Waals surface area (Å²) in [6.45, 7) is 0. The molecule has 0 unspecified atom stereocenters. The molecule has 0 aliphatic heterocycles. The van der Waals surface area contributed by atoms with E-state index in [1.54, 1.807) is 0 Å². The van der Waals surface area contributed by atoms with E-state index in [-0.39, 0.29) is 0 Å². The maximum atomic E-state index is 4.66. The van der Waals surface area contributed by atoms with Crippen LogP contribution in [-0.2, 0) is 0 Å². The Labute approximate surface area is 255 Å². The third-order valence-corrected chi connectivity index (χ3v) is 9.12. The van der Waals surface area contributed by atoms with Gasteiger partial charge in [-0.15, -0.1) is 0 Å². The lowest BCUT2D eigenvalue weighted by molar-refractivity contribution is 1.37. The minimum Gasteiger partial charge on any atom is -0.264 e. The average molecular weight is 558 g/mol. The van der Waals surface area contributed by atoms with E-state index in [9.17, 15) is 0 Å². The van der Waals surface area contributed by atoms with Crippen molar-refractivity contribution in [3.63, 3.8) is 0 Å². The first-order valence-corrected chi connectivity index (χ1v) is 15.1. The highest BCUT2D eigenvalue weighted by Crippen LogP contribution is 2.46. The number of rotatable bonds is 3. The second kappa shape index (κ2) is 9.90. The third kappa shape index (κ3) is 3.83. The van der Waals surface area contributed by atoms with Gasteiger partial charge in [0.05, 0.1) is 0 Å². The molecule has 1 heteroatoms. The van der Waals surface area contributed by atoms with Crippen molar-refractivity contribution in [3.8, 4) is 33.4 Å². The van der Waals surface area contributed by atoms with Crippen LogP contribution in [0, 0.1) is 0 Å². The van der Waals surface area contributed by atoms with E-state index in [1.165, 1.54) is 81.9 Å². The summed E-state index contributed by atoms with van der Waals surface area (Å²) < 4.78 is 0. The van der Waals surface area contributed by atoms with Crippen LogP contribution in [0.25, 0.3) is 87.2 Å². The van der Waals surface area contributed by atoms with Crippen LogP contribution >= 0.6 is 0 Å². The van der Waals surface area contributed by atoms with Crippen molar-refractivity contribution in [2.45, 2.75) is 0 Å². The predicted molar refractivity (Wildman–Crippen MR) is 188 cm³/mol. The van der Waals surface area contributed by atoms with Gasteiger partial charge < -0.3 is 0 Å². The van der Waals surface area contributed by atoms with Crippen LogP contribution in [-0.4, -0.2) is 4.98 Å². The zero-order valence-corrected chi connectivity index (χ0v) is 24.0. The van der Waals surface area contributed by atoms with Gasteiger partial charge in [-0.1, -0.05) is 133 Å². The molecule has 0 fully saturated rings. The van der Waals surface area contributed by atoms with Crippen molar-refractivity contribution >= 4 is 53.9 Å². The van der Waals surface area contributed by atoms with E-state index in [0.717, 1.165) is 5.39 Å². The molecule has 1 nitrogen and oxygen atoms in total. The molecule has 0 radical (unpaired) electrons. The minimum atomic E-state index is 1.16. The van der Waals surface area contributed by atoms with E-state index in [1.807, 2.05) is 12.4 Å². The fourth-order valence-electron chi connectivity index (χ4n) is 7.11. The lowest BCUT2D eigenvalue weighted by Gasteiger charge is -2.20. The van der Waals surface area contributed by atoms with Crippen molar-refractivity contribution in [1.82, 2.24) is 4.98 Å². The molecule has 0 bridgehead atoms. The molecule has 0 amide bonds. The van der Waals surface area contributed by atoms with E-state index in [2.05, 4.69) is 157 Å². The molecule has 0 aliphatic rings. The second-order valence-electron chi connectivity index (χ2n) is 11.5. The number of benzene rings is 8. The summed E-state index contributed by atoms with van der Waals surface area (Å²) in [5.41, 5.74) is 7.38. The quantitative estimate of drug-likeness (QED) is 0.197. The van der Waals surface area contributed by atoms with Crippen molar-refractivity contribution in [3.05, 3.63) is 164 Å². The van der Waals surface area contributed by atoms with Crippen molar-refractivity contribution in [1.29, 1.82) is 0 Å². The fraction of sp³-hybridized carbons (Fsp3) is 0. The van der Waals surface area contributed by atoms with Gasteiger partial charge in [-0.25, -0.2) is 0 Å². The zero-order chi connectivity index (χ0) is 29.0. The Morgan fingerprint density at radius 1 is 0.318 bits per heavy atom. The summed E-state index contributed by atoms with van der Waals surface area (Å²) in [7, 11) is 0. The average Bonchev–Trinajstić information content (AvgIpc) is 3.10. The highest BCUT2D eigenvalue weighted by Gasteiger charge is 2.19. The van der Waals surface area contributed by atoms with Crippen LogP contribution < -0.4 is 0 Å². The Hall–Kier alpha value is -5.79. The first kappa shape index (κ1) is 24.8. The number of nitrogens with zero attached hydrogens (tertiary/aromatic N) is 1. The number of hydrogen-bond donors (Lipinski definition) is 0. The van der Waals surface area contributed by atoms with E-state index >= 15 is 0 Å². The van der Waals surface area contributed by atoms with Gasteiger partial charge in [0.25, 0.3) is 0 Å². The summed E-state index contributed by atoms with van der Waals surface area (Å²) >= 11 is 0. The Balaban J connectivity index is 1.45. The molecular weight excluding hydrogens is 530 g/mol. The summed E-state index contributed by atoms with van der Waals surface area (Å²) in [6.07, 6.45) is 3.98. The van der Waals surface area contributed by atoms with Crippen LogP contribution in [0.5, 0.6) is 0 Å². The lowest BCUT2D eigenvalue weighted by Crippen LogP contribution is -1.93. The van der Waals surface area contributed by atoms with Gasteiger partial charge in [0, 0.05) is 17.8 Å². The van der Waals surface area contributed by atoms with Crippen molar-refractivity contribution < 1.29 is 0 Å². The minimum absolute atomic E-state index is 1.16. The summed E-state index contributed by atoms with van der Waals surface area (Å²) in [5, 5.41) is 12.3. The van der Waals surface area contributed by atoms with Crippen LogP contribution in [0.2, 0.25) is 0 Å². The molecule has 9 rings (SSSR count). The Morgan fingerprint density at radius 3 is 1.73 bits per heavy atom. The fourth-order valence-corrected chi connectivity index (χ4v) is 7.11. The highest BCUT2D eigenvalue weighted by molar-refractivity contribution is 6.24. The van der Waals surface area contributed by atoms with Crippen LogP contribution in [0.4, 0.5) is 0 Å². The number of pyridine rings is 1. The molecular formula is C43H27N. The predicted octanol–water partition coefficient (Wildman–Crippen LogP) is 11.8. The number of hydrogen-bond acceptors (Lipinski definition) is 1. The third-order valence-electron chi connectivity index (χ3n) is 9.12. The van der Waals surface area contributed by atoms with Gasteiger partial charge in [0.15, 0.2) is 0 Å². The molecule has 0 N–H and O–H groups in total. The second-order valence-corrected chi connectivity index (χ2v) is 11.5. The molecule has 1 aromatic heterocycles. The maximum Gasteiger partial charge on any atom is 0.0353 e. The van der Waals surface area contributed by atoms with Gasteiger partial charge >= 0.3 is 0 Å². The van der Waals surface area contributed by atoms with Crippen LogP contribution in [0.3, 0.4) is 0 Å². The Kier molecular flexibility index (Phi) is 5.57. The molecule has 1 heterocycles. The molecule has 0 aliphatic carbocycles. The van der Waals surface area contributed by atoms with E-state index in [0.29, 0.717) is 0 Å². The molecule has 44 heavy (non-hydrogen) atoms. The van der Waals surface area contributed by atoms with Gasteiger partial charge in [-0.3, -0.25) is 4.98 Å². The largest absolute Gasteiger partial charge is 0.264 e. The first-order chi connectivity index (χ1) is 21.8. The molecule has 0 saturated carbocycles. The molecule has 0 spiro atoms. The van der Waals surface area contributed by atoms with Gasteiger partial charge in [0.2, 0.25) is 0 Å². The number of fused-ring (bicyclic) bond motifs is 5. The van der Waals surface area contributed by atoms with Gasteiger partial charge in [0.1, 0.15) is 0 Å². The monoisotopic (exact) mass is 557 g/mol. The molecule has 0 atom stereocenters. The van der Waals surface area contributed by atoms with Crippen LogP contribution in [0.15, 0.2) is 164 Å². The Bertz CT molecular complexity index is 2550. The highest BCUT2D eigenvalue weighted by atomic mass is 14.6. The smallest absolute Gasteiger partial charge is 0.0353 e. The summed E-state index contributed by atoms with van der Waals surface area (Å²) in [6, 6.07) is 55.3. The first-order valence-electron chi connectivity index (χ1n) is 15.1. The van der Waals surface area contributed by atoms with Crippen molar-refractivity contribution in [2.24, 2.45) is 0 Å². The lowest BCUT2D eigenvalue weighted by atomic mass is 9.84. The summed E-state index contributed by atoms with van der Waals surface area (Å²) in [5.74, 6) is 0. The van der Waals surface area contributed by atoms with Crippen molar-refractivity contribution in [2.75, 3.05) is 0 Å². The number of aromatic nitrogens is 1.